The maximum atomic E-state index is 12.1. The molecule has 1 aromatic carbocycles. The molecule has 1 fully saturated rings. The van der Waals surface area contributed by atoms with Crippen molar-refractivity contribution in [3.8, 4) is 0 Å². The number of esters is 2. The van der Waals surface area contributed by atoms with Crippen molar-refractivity contribution in [3.05, 3.63) is 48.0 Å². The second-order valence-corrected chi connectivity index (χ2v) is 9.20. The zero-order valence-corrected chi connectivity index (χ0v) is 20.1. The zero-order chi connectivity index (χ0) is 24.2. The summed E-state index contributed by atoms with van der Waals surface area (Å²) in [5.74, 6) is -0.784. The Morgan fingerprint density at radius 1 is 1.12 bits per heavy atom. The molecule has 2 rings (SSSR count). The Labute approximate surface area is 198 Å². The lowest BCUT2D eigenvalue weighted by molar-refractivity contribution is -0.151. The van der Waals surface area contributed by atoms with Crippen LogP contribution in [0.5, 0.6) is 0 Å². The molecular formula is C27H40O6. The molecule has 2 N–H and O–H groups in total. The van der Waals surface area contributed by atoms with Crippen LogP contribution in [0, 0.1) is 5.92 Å². The fraction of sp³-hybridized carbons (Fsp3) is 0.630. The summed E-state index contributed by atoms with van der Waals surface area (Å²) in [6.07, 6.45) is 9.22. The van der Waals surface area contributed by atoms with E-state index in [9.17, 15) is 19.8 Å². The van der Waals surface area contributed by atoms with Gasteiger partial charge in [0.2, 0.25) is 0 Å². The number of benzene rings is 1. The summed E-state index contributed by atoms with van der Waals surface area (Å²) in [6, 6.07) is 10.2. The van der Waals surface area contributed by atoms with Gasteiger partial charge in [0.05, 0.1) is 37.3 Å². The first-order valence-electron chi connectivity index (χ1n) is 12.3. The third-order valence-corrected chi connectivity index (χ3v) is 6.24. The molecule has 184 valence electrons. The van der Waals surface area contributed by atoms with E-state index in [1.54, 1.807) is 19.9 Å². The highest BCUT2D eigenvalue weighted by atomic mass is 16.5. The molecule has 0 spiro atoms. The predicted molar refractivity (Wildman–Crippen MR) is 127 cm³/mol. The quantitative estimate of drug-likeness (QED) is 0.255. The Balaban J connectivity index is 1.98. The fourth-order valence-electron chi connectivity index (χ4n) is 4.60. The van der Waals surface area contributed by atoms with E-state index in [1.165, 1.54) is 5.56 Å². The Bertz CT molecular complexity index is 761. The van der Waals surface area contributed by atoms with Gasteiger partial charge in [0.1, 0.15) is 0 Å². The van der Waals surface area contributed by atoms with Gasteiger partial charge in [-0.15, -0.1) is 0 Å². The number of ether oxygens (including phenoxy) is 2. The summed E-state index contributed by atoms with van der Waals surface area (Å²) in [6.45, 7) is 4.07. The van der Waals surface area contributed by atoms with Gasteiger partial charge < -0.3 is 19.7 Å². The van der Waals surface area contributed by atoms with Crippen molar-refractivity contribution >= 4 is 11.9 Å². The Hall–Kier alpha value is -2.18. The lowest BCUT2D eigenvalue weighted by Gasteiger charge is -2.35. The maximum Gasteiger partial charge on any atom is 0.309 e. The molecular weight excluding hydrogens is 420 g/mol. The van der Waals surface area contributed by atoms with Gasteiger partial charge in [-0.2, -0.15) is 0 Å². The average Bonchev–Trinajstić information content (AvgIpc) is 2.76. The van der Waals surface area contributed by atoms with E-state index >= 15 is 0 Å². The SMILES string of the molecule is CCOC(=O)CC(O)(/C=C/[C@H]1CCC[C@](O)(CC(=O)OCC)C1)CCCCc1ccccc1. The maximum absolute atomic E-state index is 12.1. The van der Waals surface area contributed by atoms with Gasteiger partial charge in [-0.1, -0.05) is 42.5 Å². The number of carbonyl (C=O) groups excluding carboxylic acids is 2. The molecule has 0 bridgehead atoms. The van der Waals surface area contributed by atoms with Crippen LogP contribution in [0.15, 0.2) is 42.5 Å². The number of aliphatic hydroxyl groups is 2. The van der Waals surface area contributed by atoms with Gasteiger partial charge in [0.25, 0.3) is 0 Å². The Kier molecular flexibility index (Phi) is 11.1. The number of unbranched alkanes of at least 4 members (excludes halogenated alkanes) is 1. The van der Waals surface area contributed by atoms with Crippen molar-refractivity contribution in [1.82, 2.24) is 0 Å². The molecule has 1 aliphatic carbocycles. The highest BCUT2D eigenvalue weighted by Gasteiger charge is 2.36. The normalized spacial score (nSPS) is 22.6. The van der Waals surface area contributed by atoms with Crippen LogP contribution >= 0.6 is 0 Å². The Morgan fingerprint density at radius 2 is 1.82 bits per heavy atom. The second kappa shape index (κ2) is 13.5. The number of allylic oxidation sites excluding steroid dienone is 1. The number of hydrogen-bond acceptors (Lipinski definition) is 6. The highest BCUT2D eigenvalue weighted by Crippen LogP contribution is 2.36. The van der Waals surface area contributed by atoms with Crippen LogP contribution in [-0.4, -0.2) is 46.6 Å². The van der Waals surface area contributed by atoms with E-state index in [1.807, 2.05) is 24.3 Å². The van der Waals surface area contributed by atoms with Crippen LogP contribution in [-0.2, 0) is 25.5 Å². The summed E-state index contributed by atoms with van der Waals surface area (Å²) in [7, 11) is 0. The van der Waals surface area contributed by atoms with Crippen molar-refractivity contribution in [2.45, 2.75) is 89.3 Å². The molecule has 0 radical (unpaired) electrons. The van der Waals surface area contributed by atoms with Crippen LogP contribution in [0.4, 0.5) is 0 Å². The third kappa shape index (κ3) is 10.1. The van der Waals surface area contributed by atoms with Crippen LogP contribution in [0.3, 0.4) is 0 Å². The number of aryl methyl sites for hydroxylation is 1. The van der Waals surface area contributed by atoms with Crippen LogP contribution in [0.25, 0.3) is 0 Å². The molecule has 0 saturated heterocycles. The first kappa shape index (κ1) is 27.1. The summed E-state index contributed by atoms with van der Waals surface area (Å²) in [5.41, 5.74) is -1.13. The lowest BCUT2D eigenvalue weighted by Crippen LogP contribution is -2.38. The molecule has 6 heteroatoms. The minimum Gasteiger partial charge on any atom is -0.466 e. The highest BCUT2D eigenvalue weighted by molar-refractivity contribution is 5.71. The molecule has 0 aliphatic heterocycles. The van der Waals surface area contributed by atoms with E-state index in [2.05, 4.69) is 12.1 Å². The van der Waals surface area contributed by atoms with Gasteiger partial charge in [-0.3, -0.25) is 9.59 Å². The van der Waals surface area contributed by atoms with Gasteiger partial charge in [0.15, 0.2) is 0 Å². The largest absolute Gasteiger partial charge is 0.466 e. The van der Waals surface area contributed by atoms with E-state index in [-0.39, 0.29) is 31.3 Å². The van der Waals surface area contributed by atoms with Crippen LogP contribution in [0.2, 0.25) is 0 Å². The topological polar surface area (TPSA) is 93.1 Å². The van der Waals surface area contributed by atoms with Crippen molar-refractivity contribution in [3.63, 3.8) is 0 Å². The summed E-state index contributed by atoms with van der Waals surface area (Å²) in [5, 5.41) is 22.2. The molecule has 1 saturated carbocycles. The molecule has 0 amide bonds. The van der Waals surface area contributed by atoms with Crippen LogP contribution < -0.4 is 0 Å². The first-order chi connectivity index (χ1) is 15.8. The molecule has 33 heavy (non-hydrogen) atoms. The van der Waals surface area contributed by atoms with Crippen molar-refractivity contribution in [2.24, 2.45) is 5.92 Å². The smallest absolute Gasteiger partial charge is 0.309 e. The van der Waals surface area contributed by atoms with Crippen molar-refractivity contribution in [1.29, 1.82) is 0 Å². The molecule has 1 unspecified atom stereocenters. The van der Waals surface area contributed by atoms with E-state index < -0.39 is 17.2 Å². The standard InChI is InChI=1S/C27H40O6/c1-3-32-24(28)20-26(30,16-9-8-13-22-11-6-5-7-12-22)18-15-23-14-10-17-27(31,19-23)21-25(29)33-4-2/h5-7,11-12,15,18,23,30-31H,3-4,8-10,13-14,16-17,19-21H2,1-2H3/b18-15+/t23-,26?,27-/m1/s1. The molecule has 6 nitrogen and oxygen atoms in total. The summed E-state index contributed by atoms with van der Waals surface area (Å²) >= 11 is 0. The van der Waals surface area contributed by atoms with Gasteiger partial charge in [0, 0.05) is 0 Å². The van der Waals surface area contributed by atoms with Crippen molar-refractivity contribution in [2.75, 3.05) is 13.2 Å². The number of carbonyl (C=O) groups is 2. The third-order valence-electron chi connectivity index (χ3n) is 6.24. The minimum atomic E-state index is -1.29. The first-order valence-corrected chi connectivity index (χ1v) is 12.3. The van der Waals surface area contributed by atoms with Gasteiger partial charge in [-0.05, 0) is 76.7 Å². The van der Waals surface area contributed by atoms with Gasteiger partial charge >= 0.3 is 11.9 Å². The molecule has 1 aliphatic rings. The van der Waals surface area contributed by atoms with Gasteiger partial charge in [-0.25, -0.2) is 0 Å². The fourth-order valence-corrected chi connectivity index (χ4v) is 4.60. The van der Waals surface area contributed by atoms with E-state index in [0.29, 0.717) is 25.9 Å². The molecule has 0 aromatic heterocycles. The molecule has 0 heterocycles. The predicted octanol–water partition coefficient (Wildman–Crippen LogP) is 4.51. The monoisotopic (exact) mass is 460 g/mol. The average molecular weight is 461 g/mol. The van der Waals surface area contributed by atoms with E-state index in [0.717, 1.165) is 32.1 Å². The minimum absolute atomic E-state index is 0.0161. The molecule has 3 atom stereocenters. The summed E-state index contributed by atoms with van der Waals surface area (Å²) in [4.78, 5) is 24.0. The zero-order valence-electron chi connectivity index (χ0n) is 20.1. The number of rotatable bonds is 13. The van der Waals surface area contributed by atoms with Crippen molar-refractivity contribution < 1.29 is 29.3 Å². The molecule has 1 aromatic rings. The lowest BCUT2D eigenvalue weighted by atomic mass is 9.75. The number of hydrogen-bond donors (Lipinski definition) is 2. The van der Waals surface area contributed by atoms with E-state index in [4.69, 9.17) is 9.47 Å². The summed E-state index contributed by atoms with van der Waals surface area (Å²) < 4.78 is 10.1. The Morgan fingerprint density at radius 3 is 2.52 bits per heavy atom. The van der Waals surface area contributed by atoms with Crippen LogP contribution in [0.1, 0.15) is 77.2 Å². The second-order valence-electron chi connectivity index (χ2n) is 9.20.